The number of hydrogen-bond acceptors (Lipinski definition) is 2. The molecule has 0 bridgehead atoms. The van der Waals surface area contributed by atoms with Crippen LogP contribution in [0.3, 0.4) is 0 Å². The summed E-state index contributed by atoms with van der Waals surface area (Å²) in [4.78, 5) is 13.0. The van der Waals surface area contributed by atoms with E-state index < -0.39 is 0 Å². The van der Waals surface area contributed by atoms with Crippen molar-refractivity contribution >= 4 is 33.2 Å². The van der Waals surface area contributed by atoms with Gasteiger partial charge in [-0.2, -0.15) is 0 Å². The fourth-order valence-electron chi connectivity index (χ4n) is 2.84. The first-order valence-electron chi connectivity index (χ1n) is 6.59. The molecule has 3 unspecified atom stereocenters. The van der Waals surface area contributed by atoms with Crippen molar-refractivity contribution in [3.05, 3.63) is 20.3 Å². The summed E-state index contributed by atoms with van der Waals surface area (Å²) in [5, 5.41) is 3.20. The lowest BCUT2D eigenvalue weighted by atomic mass is 9.93. The molecule has 4 heteroatoms. The maximum atomic E-state index is 12.2. The monoisotopic (exact) mass is 329 g/mol. The number of carbonyl (C=O) groups excluding carboxylic acids is 1. The fourth-order valence-corrected chi connectivity index (χ4v) is 4.28. The molecule has 2 nitrogen and oxygen atoms in total. The van der Waals surface area contributed by atoms with Gasteiger partial charge in [0.1, 0.15) is 0 Å². The first kappa shape index (κ1) is 14.1. The normalized spacial score (nSPS) is 27.4. The summed E-state index contributed by atoms with van der Waals surface area (Å²) in [7, 11) is 0. The SMILES string of the molecule is CCC1CCC(NC(=O)c2cc(C)c(Br)s2)C1C. The average Bonchev–Trinajstić information content (AvgIpc) is 2.85. The fraction of sp³-hybridized carbons (Fsp3) is 0.643. The predicted octanol–water partition coefficient (Wildman–Crippen LogP) is 4.37. The van der Waals surface area contributed by atoms with Crippen LogP contribution in [-0.4, -0.2) is 11.9 Å². The second kappa shape index (κ2) is 5.74. The van der Waals surface area contributed by atoms with Crippen LogP contribution in [0.5, 0.6) is 0 Å². The summed E-state index contributed by atoms with van der Waals surface area (Å²) < 4.78 is 1.05. The van der Waals surface area contributed by atoms with E-state index in [2.05, 4.69) is 35.1 Å². The number of rotatable bonds is 3. The van der Waals surface area contributed by atoms with Crippen LogP contribution in [-0.2, 0) is 0 Å². The zero-order valence-corrected chi connectivity index (χ0v) is 13.5. The number of hydrogen-bond donors (Lipinski definition) is 1. The summed E-state index contributed by atoms with van der Waals surface area (Å²) in [6.45, 7) is 6.52. The van der Waals surface area contributed by atoms with Crippen molar-refractivity contribution in [2.75, 3.05) is 0 Å². The Kier molecular flexibility index (Phi) is 4.49. The van der Waals surface area contributed by atoms with E-state index in [1.807, 2.05) is 13.0 Å². The van der Waals surface area contributed by atoms with Crippen LogP contribution in [0.15, 0.2) is 9.85 Å². The largest absolute Gasteiger partial charge is 0.348 e. The highest BCUT2D eigenvalue weighted by atomic mass is 79.9. The molecule has 3 atom stereocenters. The smallest absolute Gasteiger partial charge is 0.261 e. The van der Waals surface area contributed by atoms with Crippen molar-refractivity contribution in [1.29, 1.82) is 0 Å². The van der Waals surface area contributed by atoms with Crippen molar-refractivity contribution in [1.82, 2.24) is 5.32 Å². The summed E-state index contributed by atoms with van der Waals surface area (Å²) >= 11 is 4.99. The van der Waals surface area contributed by atoms with Gasteiger partial charge in [-0.05, 0) is 59.2 Å². The van der Waals surface area contributed by atoms with Gasteiger partial charge in [0.15, 0.2) is 0 Å². The Hall–Kier alpha value is -0.350. The van der Waals surface area contributed by atoms with Gasteiger partial charge < -0.3 is 5.32 Å². The molecule has 0 aliphatic heterocycles. The van der Waals surface area contributed by atoms with Crippen molar-refractivity contribution in [2.45, 2.75) is 46.1 Å². The second-order valence-electron chi connectivity index (χ2n) is 5.25. The standard InChI is InChI=1S/C14H20BrNOS/c1-4-10-5-6-11(9(10)3)16-14(17)12-7-8(2)13(15)18-12/h7,9-11H,4-6H2,1-3H3,(H,16,17). The van der Waals surface area contributed by atoms with E-state index >= 15 is 0 Å². The van der Waals surface area contributed by atoms with Crippen LogP contribution in [0.4, 0.5) is 0 Å². The van der Waals surface area contributed by atoms with Gasteiger partial charge in [0.25, 0.3) is 5.91 Å². The molecule has 2 rings (SSSR count). The van der Waals surface area contributed by atoms with Gasteiger partial charge in [-0.1, -0.05) is 20.3 Å². The molecule has 1 fully saturated rings. The molecule has 1 heterocycles. The van der Waals surface area contributed by atoms with Crippen molar-refractivity contribution < 1.29 is 4.79 Å². The zero-order valence-electron chi connectivity index (χ0n) is 11.1. The summed E-state index contributed by atoms with van der Waals surface area (Å²) in [6, 6.07) is 2.31. The molecule has 100 valence electrons. The molecule has 0 spiro atoms. The van der Waals surface area contributed by atoms with Gasteiger partial charge >= 0.3 is 0 Å². The number of amides is 1. The van der Waals surface area contributed by atoms with Crippen molar-refractivity contribution in [3.63, 3.8) is 0 Å². The molecule has 1 aromatic heterocycles. The van der Waals surface area contributed by atoms with E-state index in [4.69, 9.17) is 0 Å². The van der Waals surface area contributed by atoms with E-state index in [0.717, 1.165) is 26.6 Å². The van der Waals surface area contributed by atoms with Crippen LogP contribution >= 0.6 is 27.3 Å². The number of carbonyl (C=O) groups is 1. The lowest BCUT2D eigenvalue weighted by Crippen LogP contribution is -2.37. The first-order valence-corrected chi connectivity index (χ1v) is 8.20. The van der Waals surface area contributed by atoms with Gasteiger partial charge in [-0.25, -0.2) is 0 Å². The van der Waals surface area contributed by atoms with Crippen LogP contribution in [0, 0.1) is 18.8 Å². The molecule has 0 saturated heterocycles. The molecule has 1 amide bonds. The summed E-state index contributed by atoms with van der Waals surface area (Å²) in [5.41, 5.74) is 1.14. The third-order valence-corrected chi connectivity index (χ3v) is 6.28. The zero-order chi connectivity index (χ0) is 13.3. The molecule has 0 aromatic carbocycles. The summed E-state index contributed by atoms with van der Waals surface area (Å²) in [5.74, 6) is 1.46. The minimum atomic E-state index is 0.0856. The molecule has 18 heavy (non-hydrogen) atoms. The molecule has 0 radical (unpaired) electrons. The number of aryl methyl sites for hydroxylation is 1. The Balaban J connectivity index is 2.00. The van der Waals surface area contributed by atoms with E-state index in [-0.39, 0.29) is 5.91 Å². The van der Waals surface area contributed by atoms with E-state index in [9.17, 15) is 4.79 Å². The number of halogens is 1. The molecular formula is C14H20BrNOS. The molecule has 1 saturated carbocycles. The molecule has 1 N–H and O–H groups in total. The highest BCUT2D eigenvalue weighted by Crippen LogP contribution is 2.34. The van der Waals surface area contributed by atoms with Crippen LogP contribution in [0.1, 0.15) is 48.3 Å². The van der Waals surface area contributed by atoms with Gasteiger partial charge in [0.05, 0.1) is 8.66 Å². The van der Waals surface area contributed by atoms with E-state index in [1.54, 1.807) is 0 Å². The predicted molar refractivity (Wildman–Crippen MR) is 80.2 cm³/mol. The van der Waals surface area contributed by atoms with Crippen molar-refractivity contribution in [2.24, 2.45) is 11.8 Å². The lowest BCUT2D eigenvalue weighted by Gasteiger charge is -2.20. The Morgan fingerprint density at radius 3 is 2.78 bits per heavy atom. The van der Waals surface area contributed by atoms with Crippen LogP contribution in [0.2, 0.25) is 0 Å². The van der Waals surface area contributed by atoms with Gasteiger partial charge in [-0.3, -0.25) is 4.79 Å². The number of thiophene rings is 1. The third-order valence-electron chi connectivity index (χ3n) is 4.15. The van der Waals surface area contributed by atoms with Crippen LogP contribution in [0.25, 0.3) is 0 Å². The quantitative estimate of drug-likeness (QED) is 0.876. The molecule has 1 aliphatic rings. The maximum Gasteiger partial charge on any atom is 0.261 e. The highest BCUT2D eigenvalue weighted by Gasteiger charge is 2.32. The Morgan fingerprint density at radius 2 is 2.28 bits per heavy atom. The lowest BCUT2D eigenvalue weighted by molar-refractivity contribution is 0.0930. The minimum absolute atomic E-state index is 0.0856. The van der Waals surface area contributed by atoms with Gasteiger partial charge in [0.2, 0.25) is 0 Å². The van der Waals surface area contributed by atoms with Gasteiger partial charge in [0, 0.05) is 6.04 Å². The van der Waals surface area contributed by atoms with Crippen molar-refractivity contribution in [3.8, 4) is 0 Å². The highest BCUT2D eigenvalue weighted by molar-refractivity contribution is 9.11. The Morgan fingerprint density at radius 1 is 1.56 bits per heavy atom. The first-order chi connectivity index (χ1) is 8.52. The van der Waals surface area contributed by atoms with Gasteiger partial charge in [-0.15, -0.1) is 11.3 Å². The molecule has 1 aromatic rings. The Labute approximate surface area is 121 Å². The number of nitrogens with one attached hydrogen (secondary N) is 1. The Bertz CT molecular complexity index is 424. The average molecular weight is 330 g/mol. The summed E-state index contributed by atoms with van der Waals surface area (Å²) in [6.07, 6.45) is 3.59. The van der Waals surface area contributed by atoms with Crippen LogP contribution < -0.4 is 5.32 Å². The van der Waals surface area contributed by atoms with E-state index in [0.29, 0.717) is 12.0 Å². The third kappa shape index (κ3) is 2.80. The molecular weight excluding hydrogens is 310 g/mol. The maximum absolute atomic E-state index is 12.2. The van der Waals surface area contributed by atoms with E-state index in [1.165, 1.54) is 24.2 Å². The topological polar surface area (TPSA) is 29.1 Å². The molecule has 1 aliphatic carbocycles. The second-order valence-corrected chi connectivity index (χ2v) is 7.62. The minimum Gasteiger partial charge on any atom is -0.348 e.